The largest absolute Gasteiger partial charge is 0.180 e. The first-order chi connectivity index (χ1) is 34.8. The smallest absolute Gasteiger partial charge is 0.0623 e. The van der Waals surface area contributed by atoms with E-state index in [2.05, 4.69) is 279 Å². The Hall–Kier alpha value is -8.41. The summed E-state index contributed by atoms with van der Waals surface area (Å²) in [5, 5.41) is 16.5. The molecule has 0 radical (unpaired) electrons. The Labute approximate surface area is 411 Å². The molecule has 0 bridgehead atoms. The minimum Gasteiger partial charge on any atom is -0.0623 e. The van der Waals surface area contributed by atoms with Crippen LogP contribution in [0.25, 0.3) is 77.2 Å². The maximum atomic E-state index is 2.54. The van der Waals surface area contributed by atoms with E-state index in [1.807, 2.05) is 0 Å². The van der Waals surface area contributed by atoms with Gasteiger partial charge in [0.05, 0.1) is 0 Å². The molecule has 0 saturated carbocycles. The van der Waals surface area contributed by atoms with E-state index >= 15 is 0 Å². The van der Waals surface area contributed by atoms with Crippen molar-refractivity contribution < 1.29 is 0 Å². The van der Waals surface area contributed by atoms with Gasteiger partial charge in [-0.25, -0.2) is 0 Å². The summed E-state index contributed by atoms with van der Waals surface area (Å²) in [6.45, 7) is 0. The van der Waals surface area contributed by atoms with E-state index in [0.717, 1.165) is 0 Å². The molecule has 0 N–H and O–H groups in total. The first-order valence-electron chi connectivity index (χ1n) is 24.5. The number of benzene rings is 12. The number of rotatable bonds is 7. The minimum absolute atomic E-state index is 1.22. The van der Waals surface area contributed by atoms with Gasteiger partial charge in [0.2, 0.25) is 0 Å². The lowest BCUT2D eigenvalue weighted by molar-refractivity contribution is 1.64. The van der Waals surface area contributed by atoms with Gasteiger partial charge in [0, 0.05) is 0 Å². The second-order valence-corrected chi connectivity index (χ2v) is 26.4. The van der Waals surface area contributed by atoms with Gasteiger partial charge in [0.15, 0.2) is 16.1 Å². The molecule has 0 aromatic heterocycles. The molecule has 2 heteroatoms. The van der Waals surface area contributed by atoms with Gasteiger partial charge in [-0.1, -0.05) is 273 Å². The van der Waals surface area contributed by atoms with Gasteiger partial charge in [-0.15, -0.1) is 0 Å². The molecule has 14 rings (SSSR count). The van der Waals surface area contributed by atoms with Gasteiger partial charge >= 0.3 is 0 Å². The highest BCUT2D eigenvalue weighted by molar-refractivity contribution is 7.23. The summed E-state index contributed by atoms with van der Waals surface area (Å²) in [5.41, 5.74) is 13.0. The van der Waals surface area contributed by atoms with E-state index in [0.29, 0.717) is 0 Å². The molecule has 12 aromatic rings. The molecule has 2 aliphatic rings. The van der Waals surface area contributed by atoms with Crippen LogP contribution < -0.4 is 41.5 Å². The van der Waals surface area contributed by atoms with Crippen molar-refractivity contribution in [2.45, 2.75) is 0 Å². The van der Waals surface area contributed by atoms with Crippen molar-refractivity contribution in [1.29, 1.82) is 0 Å². The predicted octanol–water partition coefficient (Wildman–Crippen LogP) is 11.7. The third kappa shape index (κ3) is 5.69. The Kier molecular flexibility index (Phi) is 9.35. The van der Waals surface area contributed by atoms with E-state index < -0.39 is 16.1 Å². The van der Waals surface area contributed by atoms with Crippen molar-refractivity contribution in [3.05, 3.63) is 279 Å². The van der Waals surface area contributed by atoms with Gasteiger partial charge in [-0.2, -0.15) is 0 Å². The number of hydrogen-bond donors (Lipinski definition) is 0. The Morgan fingerprint density at radius 2 is 0.486 bits per heavy atom. The summed E-state index contributed by atoms with van der Waals surface area (Å²) in [6, 6.07) is 106. The van der Waals surface area contributed by atoms with Gasteiger partial charge in [-0.05, 0) is 125 Å². The lowest BCUT2D eigenvalue weighted by Gasteiger charge is -2.31. The first kappa shape index (κ1) is 40.6. The molecule has 0 nitrogen and oxygen atoms in total. The van der Waals surface area contributed by atoms with Crippen molar-refractivity contribution >= 4 is 79.2 Å². The molecule has 0 saturated heterocycles. The number of hydrogen-bond acceptors (Lipinski definition) is 0. The fourth-order valence-electron chi connectivity index (χ4n) is 13.0. The van der Waals surface area contributed by atoms with Crippen molar-refractivity contribution in [3.8, 4) is 55.6 Å². The van der Waals surface area contributed by atoms with Gasteiger partial charge in [-0.3, -0.25) is 0 Å². The summed E-state index contributed by atoms with van der Waals surface area (Å²) < 4.78 is 0. The summed E-state index contributed by atoms with van der Waals surface area (Å²) in [7, 11) is -5.43. The van der Waals surface area contributed by atoms with Crippen LogP contribution in [0, 0.1) is 0 Å². The zero-order valence-electron chi connectivity index (χ0n) is 38.6. The van der Waals surface area contributed by atoms with Gasteiger partial charge < -0.3 is 0 Å². The Bertz CT molecular complexity index is 3660. The lowest BCUT2D eigenvalue weighted by atomic mass is 9.84. The van der Waals surface area contributed by atoms with Crippen LogP contribution >= 0.6 is 0 Å². The molecule has 0 fully saturated rings. The Morgan fingerprint density at radius 1 is 0.186 bits per heavy atom. The van der Waals surface area contributed by atoms with E-state index in [1.54, 1.807) is 0 Å². The zero-order valence-corrected chi connectivity index (χ0v) is 40.6. The van der Waals surface area contributed by atoms with Crippen LogP contribution in [0.1, 0.15) is 0 Å². The molecule has 2 heterocycles. The third-order valence-electron chi connectivity index (χ3n) is 15.6. The average molecular weight is 919 g/mol. The molecule has 0 spiro atoms. The summed E-state index contributed by atoms with van der Waals surface area (Å²) in [5.74, 6) is 0. The Balaban J connectivity index is 1.08. The standard InChI is InChI=1S/C68H46Si2/c1-6-24-47(25-7-1)66-56-38-20-36-52(54-40-22-44-64-67(54)58-34-16-18-42-62(58)69(64,48-26-8-2-9-27-48)49-28-10-3-11-29-49)60(56)46-61-53(37-21-39-57(61)66)55-41-23-45-65-68(55)59-35-17-19-43-63(59)70(65,50-30-12-4-13-31-50)51-32-14-5-15-33-51/h1-46H. The van der Waals surface area contributed by atoms with Crippen LogP contribution in [-0.4, -0.2) is 16.1 Å². The lowest BCUT2D eigenvalue weighted by Crippen LogP contribution is -2.72. The fourth-order valence-corrected chi connectivity index (χ4v) is 23.4. The van der Waals surface area contributed by atoms with Gasteiger partial charge in [0.25, 0.3) is 0 Å². The molecular weight excluding hydrogens is 873 g/mol. The van der Waals surface area contributed by atoms with Crippen LogP contribution in [-0.2, 0) is 0 Å². The molecule has 0 aliphatic carbocycles. The van der Waals surface area contributed by atoms with Crippen LogP contribution in [0.2, 0.25) is 0 Å². The summed E-state index contributed by atoms with van der Waals surface area (Å²) >= 11 is 0. The summed E-state index contributed by atoms with van der Waals surface area (Å²) in [4.78, 5) is 0. The molecule has 326 valence electrons. The van der Waals surface area contributed by atoms with E-state index in [4.69, 9.17) is 0 Å². The molecule has 0 unspecified atom stereocenters. The summed E-state index contributed by atoms with van der Waals surface area (Å²) in [6.07, 6.45) is 0. The quantitative estimate of drug-likeness (QED) is 0.110. The van der Waals surface area contributed by atoms with Gasteiger partial charge in [0.1, 0.15) is 0 Å². The van der Waals surface area contributed by atoms with Crippen molar-refractivity contribution in [2.75, 3.05) is 0 Å². The average Bonchev–Trinajstić information content (AvgIpc) is 3.92. The fraction of sp³-hybridized carbons (Fsp3) is 0. The number of fused-ring (bicyclic) bond motifs is 8. The van der Waals surface area contributed by atoms with Crippen molar-refractivity contribution in [1.82, 2.24) is 0 Å². The molecule has 0 atom stereocenters. The highest BCUT2D eigenvalue weighted by Crippen LogP contribution is 2.47. The highest BCUT2D eigenvalue weighted by atomic mass is 28.3. The van der Waals surface area contributed by atoms with Crippen molar-refractivity contribution in [2.24, 2.45) is 0 Å². The van der Waals surface area contributed by atoms with Crippen LogP contribution in [0.15, 0.2) is 279 Å². The van der Waals surface area contributed by atoms with Crippen molar-refractivity contribution in [3.63, 3.8) is 0 Å². The van der Waals surface area contributed by atoms with E-state index in [-0.39, 0.29) is 0 Å². The maximum Gasteiger partial charge on any atom is 0.180 e. The first-order valence-corrected chi connectivity index (χ1v) is 28.5. The monoisotopic (exact) mass is 918 g/mol. The van der Waals surface area contributed by atoms with E-state index in [1.165, 1.54) is 119 Å². The van der Waals surface area contributed by atoms with E-state index in [9.17, 15) is 0 Å². The predicted molar refractivity (Wildman–Crippen MR) is 303 cm³/mol. The topological polar surface area (TPSA) is 0 Å². The minimum atomic E-state index is -2.71. The second kappa shape index (κ2) is 16.1. The molecular formula is C68H46Si2. The SMILES string of the molecule is c1ccc(-c2c3cccc(-c4cccc5c4-c4ccccc4[Si]5(c4ccccc4)c4ccccc4)c3cc3c(-c4cccc5c4-c4ccccc4[Si]5(c4ccccc4)c4ccccc4)cccc23)cc1. The normalized spacial score (nSPS) is 13.7. The molecule has 70 heavy (non-hydrogen) atoms. The van der Waals surface area contributed by atoms with Crippen LogP contribution in [0.3, 0.4) is 0 Å². The zero-order chi connectivity index (χ0) is 46.2. The van der Waals surface area contributed by atoms with Crippen LogP contribution in [0.4, 0.5) is 0 Å². The Morgan fingerprint density at radius 3 is 0.886 bits per heavy atom. The molecule has 0 amide bonds. The van der Waals surface area contributed by atoms with Crippen LogP contribution in [0.5, 0.6) is 0 Å². The third-order valence-corrected chi connectivity index (χ3v) is 25.4. The highest BCUT2D eigenvalue weighted by Gasteiger charge is 2.50. The second-order valence-electron chi connectivity index (χ2n) is 18.9. The molecule has 12 aromatic carbocycles. The molecule has 2 aliphatic heterocycles. The maximum absolute atomic E-state index is 2.71.